The van der Waals surface area contributed by atoms with E-state index in [4.69, 9.17) is 4.74 Å². The molecule has 4 rings (SSSR count). The third-order valence-electron chi connectivity index (χ3n) is 7.37. The molecule has 1 N–H and O–H groups in total. The van der Waals surface area contributed by atoms with Gasteiger partial charge in [-0.15, -0.1) is 0 Å². The Bertz CT molecular complexity index is 1320. The van der Waals surface area contributed by atoms with E-state index in [2.05, 4.69) is 36.5 Å². The van der Waals surface area contributed by atoms with Gasteiger partial charge in [-0.05, 0) is 40.8 Å². The van der Waals surface area contributed by atoms with E-state index >= 15 is 0 Å². The van der Waals surface area contributed by atoms with Crippen molar-refractivity contribution in [2.45, 2.75) is 51.1 Å². The zero-order valence-corrected chi connectivity index (χ0v) is 24.0. The van der Waals surface area contributed by atoms with E-state index in [0.29, 0.717) is 25.3 Å². The van der Waals surface area contributed by atoms with Gasteiger partial charge >= 0.3 is 0 Å². The number of rotatable bonds is 14. The standard InChI is InChI=1S/C36H40N2O3/c1-3-4-23-37-36(40)34(25-28-15-8-5-9-16-28)38(27-29-17-14-22-32(24-29)41-2)35(39)26-33(30-18-10-6-11-19-30)31-20-12-7-13-21-31/h5-22,24,33-34H,3-4,23,25-27H2,1-2H3,(H,37,40)/t34-/m0/s1. The first-order chi connectivity index (χ1) is 20.1. The van der Waals surface area contributed by atoms with Gasteiger partial charge in [0.25, 0.3) is 0 Å². The predicted octanol–water partition coefficient (Wildman–Crippen LogP) is 6.77. The van der Waals surface area contributed by atoms with Crippen LogP contribution in [0.15, 0.2) is 115 Å². The molecule has 41 heavy (non-hydrogen) atoms. The molecule has 0 aliphatic rings. The van der Waals surface area contributed by atoms with Crippen molar-refractivity contribution in [2.75, 3.05) is 13.7 Å². The summed E-state index contributed by atoms with van der Waals surface area (Å²) in [6, 6.07) is 37.2. The molecule has 0 heterocycles. The zero-order valence-electron chi connectivity index (χ0n) is 24.0. The van der Waals surface area contributed by atoms with Crippen LogP contribution in [0.2, 0.25) is 0 Å². The number of hydrogen-bond acceptors (Lipinski definition) is 3. The lowest BCUT2D eigenvalue weighted by Crippen LogP contribution is -2.51. The lowest BCUT2D eigenvalue weighted by Gasteiger charge is -2.33. The second-order valence-electron chi connectivity index (χ2n) is 10.3. The summed E-state index contributed by atoms with van der Waals surface area (Å²) < 4.78 is 5.46. The average molecular weight is 549 g/mol. The van der Waals surface area contributed by atoms with Crippen LogP contribution >= 0.6 is 0 Å². The molecule has 0 saturated carbocycles. The molecule has 212 valence electrons. The number of hydrogen-bond donors (Lipinski definition) is 1. The van der Waals surface area contributed by atoms with Gasteiger partial charge in [0.2, 0.25) is 11.8 Å². The molecule has 0 saturated heterocycles. The molecule has 0 radical (unpaired) electrons. The first-order valence-corrected chi connectivity index (χ1v) is 14.4. The first kappa shape index (κ1) is 29.6. The topological polar surface area (TPSA) is 58.6 Å². The highest BCUT2D eigenvalue weighted by Crippen LogP contribution is 2.30. The van der Waals surface area contributed by atoms with Gasteiger partial charge < -0.3 is 15.0 Å². The van der Waals surface area contributed by atoms with Crippen LogP contribution in [-0.4, -0.2) is 36.4 Å². The fraction of sp³-hybridized carbons (Fsp3) is 0.278. The maximum absolute atomic E-state index is 14.4. The molecule has 4 aromatic carbocycles. The van der Waals surface area contributed by atoms with E-state index in [1.165, 1.54) is 0 Å². The number of carbonyl (C=O) groups is 2. The normalized spacial score (nSPS) is 11.6. The number of nitrogens with zero attached hydrogens (tertiary/aromatic N) is 1. The maximum Gasteiger partial charge on any atom is 0.243 e. The average Bonchev–Trinajstić information content (AvgIpc) is 3.03. The molecule has 0 fully saturated rings. The van der Waals surface area contributed by atoms with Crippen LogP contribution < -0.4 is 10.1 Å². The lowest BCUT2D eigenvalue weighted by atomic mass is 9.87. The van der Waals surface area contributed by atoms with Crippen molar-refractivity contribution in [1.82, 2.24) is 10.2 Å². The predicted molar refractivity (Wildman–Crippen MR) is 165 cm³/mol. The second kappa shape index (κ2) is 15.4. The number of nitrogens with one attached hydrogen (secondary N) is 1. The molecular weight excluding hydrogens is 508 g/mol. The van der Waals surface area contributed by atoms with Crippen molar-refractivity contribution in [3.63, 3.8) is 0 Å². The van der Waals surface area contributed by atoms with Gasteiger partial charge in [-0.25, -0.2) is 0 Å². The van der Waals surface area contributed by atoms with Gasteiger partial charge in [0.15, 0.2) is 0 Å². The summed E-state index contributed by atoms with van der Waals surface area (Å²) in [5, 5.41) is 3.11. The molecule has 0 bridgehead atoms. The van der Waals surface area contributed by atoms with Crippen molar-refractivity contribution in [2.24, 2.45) is 0 Å². The largest absolute Gasteiger partial charge is 0.497 e. The fourth-order valence-corrected chi connectivity index (χ4v) is 5.12. The third kappa shape index (κ3) is 8.55. The molecule has 0 spiro atoms. The SMILES string of the molecule is CCCCNC(=O)[C@H](Cc1ccccc1)N(Cc1cccc(OC)c1)C(=O)CC(c1ccccc1)c1ccccc1. The molecule has 5 nitrogen and oxygen atoms in total. The summed E-state index contributed by atoms with van der Waals surface area (Å²) in [6.07, 6.45) is 2.53. The Morgan fingerprint density at radius 2 is 1.37 bits per heavy atom. The zero-order chi connectivity index (χ0) is 28.9. The molecule has 0 aromatic heterocycles. The number of unbranched alkanes of at least 4 members (excludes halogenated alkanes) is 1. The smallest absolute Gasteiger partial charge is 0.243 e. The maximum atomic E-state index is 14.4. The summed E-state index contributed by atoms with van der Waals surface area (Å²) in [5.41, 5.74) is 4.06. The monoisotopic (exact) mass is 548 g/mol. The van der Waals surface area contributed by atoms with E-state index in [1.54, 1.807) is 12.0 Å². The summed E-state index contributed by atoms with van der Waals surface area (Å²) in [5.74, 6) is 0.373. The minimum Gasteiger partial charge on any atom is -0.497 e. The summed E-state index contributed by atoms with van der Waals surface area (Å²) in [4.78, 5) is 30.0. The van der Waals surface area contributed by atoms with Crippen LogP contribution in [0.1, 0.15) is 54.4 Å². The van der Waals surface area contributed by atoms with Crippen molar-refractivity contribution in [1.29, 1.82) is 0 Å². The van der Waals surface area contributed by atoms with Crippen LogP contribution in [0.3, 0.4) is 0 Å². The van der Waals surface area contributed by atoms with Crippen molar-refractivity contribution in [3.05, 3.63) is 138 Å². The van der Waals surface area contributed by atoms with Gasteiger partial charge in [-0.3, -0.25) is 9.59 Å². The molecule has 0 aliphatic heterocycles. The van der Waals surface area contributed by atoms with Crippen molar-refractivity contribution in [3.8, 4) is 5.75 Å². The minimum absolute atomic E-state index is 0.0721. The first-order valence-electron chi connectivity index (χ1n) is 14.4. The van der Waals surface area contributed by atoms with E-state index in [-0.39, 0.29) is 24.2 Å². The Hall–Kier alpha value is -4.38. The highest BCUT2D eigenvalue weighted by atomic mass is 16.5. The van der Waals surface area contributed by atoms with E-state index in [0.717, 1.165) is 35.1 Å². The Morgan fingerprint density at radius 3 is 1.95 bits per heavy atom. The highest BCUT2D eigenvalue weighted by Gasteiger charge is 2.32. The molecule has 1 atom stereocenters. The van der Waals surface area contributed by atoms with Crippen molar-refractivity contribution >= 4 is 11.8 Å². The summed E-state index contributed by atoms with van der Waals surface area (Å²) >= 11 is 0. The number of benzene rings is 4. The number of ether oxygens (including phenoxy) is 1. The lowest BCUT2D eigenvalue weighted by molar-refractivity contribution is -0.141. The van der Waals surface area contributed by atoms with E-state index in [9.17, 15) is 9.59 Å². The quantitative estimate of drug-likeness (QED) is 0.177. The Labute approximate surface area is 244 Å². The van der Waals surface area contributed by atoms with E-state index < -0.39 is 6.04 Å². The van der Waals surface area contributed by atoms with Gasteiger partial charge in [-0.2, -0.15) is 0 Å². The van der Waals surface area contributed by atoms with Gasteiger partial charge in [0.05, 0.1) is 7.11 Å². The molecule has 0 aliphatic carbocycles. The van der Waals surface area contributed by atoms with Crippen molar-refractivity contribution < 1.29 is 14.3 Å². The van der Waals surface area contributed by atoms with Gasteiger partial charge in [0, 0.05) is 31.8 Å². The summed E-state index contributed by atoms with van der Waals surface area (Å²) in [6.45, 7) is 2.98. The molecule has 5 heteroatoms. The van der Waals surface area contributed by atoms with Crippen LogP contribution in [0.4, 0.5) is 0 Å². The van der Waals surface area contributed by atoms with Crippen LogP contribution in [0.5, 0.6) is 5.75 Å². The van der Waals surface area contributed by atoms with Gasteiger partial charge in [0.1, 0.15) is 11.8 Å². The number of methoxy groups -OCH3 is 1. The minimum atomic E-state index is -0.667. The summed E-state index contributed by atoms with van der Waals surface area (Å²) in [7, 11) is 1.63. The van der Waals surface area contributed by atoms with Crippen LogP contribution in [0, 0.1) is 0 Å². The number of amides is 2. The Kier molecular flexibility index (Phi) is 11.1. The van der Waals surface area contributed by atoms with Gasteiger partial charge in [-0.1, -0.05) is 116 Å². The third-order valence-corrected chi connectivity index (χ3v) is 7.37. The van der Waals surface area contributed by atoms with Crippen LogP contribution in [0.25, 0.3) is 0 Å². The molecular formula is C36H40N2O3. The molecule has 2 amide bonds. The number of carbonyl (C=O) groups excluding carboxylic acids is 2. The fourth-order valence-electron chi connectivity index (χ4n) is 5.12. The second-order valence-corrected chi connectivity index (χ2v) is 10.3. The Balaban J connectivity index is 1.72. The van der Waals surface area contributed by atoms with Crippen LogP contribution in [-0.2, 0) is 22.6 Å². The molecule has 0 unspecified atom stereocenters. The Morgan fingerprint density at radius 1 is 0.780 bits per heavy atom. The molecule has 4 aromatic rings. The van der Waals surface area contributed by atoms with E-state index in [1.807, 2.05) is 91.0 Å². The highest BCUT2D eigenvalue weighted by molar-refractivity contribution is 5.88.